The lowest BCUT2D eigenvalue weighted by atomic mass is 10.3. The maximum Gasteiger partial charge on any atom is 0.351 e. The predicted molar refractivity (Wildman–Crippen MR) is 112 cm³/mol. The summed E-state index contributed by atoms with van der Waals surface area (Å²) in [6.45, 7) is 3.78. The average Bonchev–Trinajstić information content (AvgIpc) is 2.96. The van der Waals surface area contributed by atoms with Crippen LogP contribution in [0.3, 0.4) is 0 Å². The first-order chi connectivity index (χ1) is 13.7. The van der Waals surface area contributed by atoms with E-state index in [1.165, 1.54) is 10.8 Å². The van der Waals surface area contributed by atoms with Crippen molar-refractivity contribution < 1.29 is 17.9 Å². The molecule has 2 N–H and O–H groups in total. The van der Waals surface area contributed by atoms with Gasteiger partial charge in [-0.05, 0) is 38.1 Å². The first kappa shape index (κ1) is 22.2. The molecule has 9 nitrogen and oxygen atoms in total. The summed E-state index contributed by atoms with van der Waals surface area (Å²) in [5.74, 6) is -0.771. The van der Waals surface area contributed by atoms with E-state index in [2.05, 4.69) is 10.0 Å². The van der Waals surface area contributed by atoms with Crippen LogP contribution in [0.5, 0.6) is 0 Å². The van der Waals surface area contributed by atoms with Crippen molar-refractivity contribution in [2.75, 3.05) is 22.9 Å². The van der Waals surface area contributed by atoms with Gasteiger partial charge >= 0.3 is 5.97 Å². The van der Waals surface area contributed by atoms with Crippen LogP contribution in [-0.2, 0) is 26.1 Å². The highest BCUT2D eigenvalue weighted by Crippen LogP contribution is 2.14. The number of hydrogen-bond acceptors (Lipinski definition) is 8. The van der Waals surface area contributed by atoms with Crippen LogP contribution in [-0.4, -0.2) is 31.8 Å². The summed E-state index contributed by atoms with van der Waals surface area (Å²) in [7, 11) is -3.36. The Hall–Kier alpha value is -3.10. The van der Waals surface area contributed by atoms with Gasteiger partial charge in [-0.25, -0.2) is 13.2 Å². The highest BCUT2D eigenvalue weighted by molar-refractivity contribution is 7.92. The zero-order chi connectivity index (χ0) is 21.6. The number of nitrogens with one attached hydrogen (secondary N) is 2. The van der Waals surface area contributed by atoms with Gasteiger partial charge in [0.2, 0.25) is 10.0 Å². The summed E-state index contributed by atoms with van der Waals surface area (Å²) < 4.78 is 31.6. The standard InChI is InChI=1S/C18H20N4O5S2/c1-4-22-16(23)15(28-17(22)14(10-19)18(24)27-5-2)11-20-12-6-8-13(9-7-12)21-29(3,25)26/h6-9,11,20-21H,4-5H2,1-3H3. The minimum atomic E-state index is -3.36. The fourth-order valence-corrected chi connectivity index (χ4v) is 4.02. The molecule has 0 amide bonds. The van der Waals surface area contributed by atoms with E-state index in [0.29, 0.717) is 15.9 Å². The molecule has 0 aliphatic heterocycles. The number of thiazole rings is 1. The molecule has 154 valence electrons. The monoisotopic (exact) mass is 436 g/mol. The topological polar surface area (TPSA) is 130 Å². The van der Waals surface area contributed by atoms with Gasteiger partial charge in [0.1, 0.15) is 15.3 Å². The number of aromatic nitrogens is 1. The molecule has 1 heterocycles. The van der Waals surface area contributed by atoms with E-state index in [4.69, 9.17) is 4.74 Å². The SMILES string of the molecule is CCOC(=O)C(C#N)=c1sc(=CNc2ccc(NS(C)(=O)=O)cc2)c(=O)n1CC. The summed E-state index contributed by atoms with van der Waals surface area (Å²) in [6, 6.07) is 8.25. The third-order valence-corrected chi connectivity index (χ3v) is 5.32. The minimum Gasteiger partial charge on any atom is -0.462 e. The molecule has 0 unspecified atom stereocenters. The third-order valence-electron chi connectivity index (χ3n) is 3.59. The number of nitrogens with zero attached hydrogens (tertiary/aromatic N) is 2. The van der Waals surface area contributed by atoms with Gasteiger partial charge in [-0.1, -0.05) is 0 Å². The van der Waals surface area contributed by atoms with E-state index in [1.807, 2.05) is 6.07 Å². The van der Waals surface area contributed by atoms with Crippen molar-refractivity contribution in [2.45, 2.75) is 20.4 Å². The van der Waals surface area contributed by atoms with Crippen molar-refractivity contribution in [3.8, 4) is 6.07 Å². The zero-order valence-corrected chi connectivity index (χ0v) is 17.7. The van der Waals surface area contributed by atoms with Crippen molar-refractivity contribution in [1.29, 1.82) is 5.26 Å². The summed E-state index contributed by atoms with van der Waals surface area (Å²) in [5.41, 5.74) is 0.475. The molecular weight excluding hydrogens is 416 g/mol. The molecule has 0 aliphatic rings. The largest absolute Gasteiger partial charge is 0.462 e. The molecule has 1 aromatic carbocycles. The van der Waals surface area contributed by atoms with Gasteiger partial charge in [0, 0.05) is 24.1 Å². The second-order valence-electron chi connectivity index (χ2n) is 5.77. The Labute approximate surface area is 171 Å². The van der Waals surface area contributed by atoms with Crippen LogP contribution >= 0.6 is 11.3 Å². The average molecular weight is 437 g/mol. The maximum absolute atomic E-state index is 12.6. The van der Waals surface area contributed by atoms with Gasteiger partial charge in [-0.3, -0.25) is 14.1 Å². The summed E-state index contributed by atoms with van der Waals surface area (Å²) in [5, 5.41) is 12.3. The molecule has 11 heteroatoms. The lowest BCUT2D eigenvalue weighted by Gasteiger charge is -2.05. The first-order valence-corrected chi connectivity index (χ1v) is 11.3. The Kier molecular flexibility index (Phi) is 7.19. The number of hydrogen-bond donors (Lipinski definition) is 2. The smallest absolute Gasteiger partial charge is 0.351 e. The molecule has 0 bridgehead atoms. The molecule has 0 radical (unpaired) electrons. The van der Waals surface area contributed by atoms with Crippen LogP contribution in [0.2, 0.25) is 0 Å². The van der Waals surface area contributed by atoms with E-state index in [9.17, 15) is 23.3 Å². The number of esters is 1. The first-order valence-electron chi connectivity index (χ1n) is 8.55. The van der Waals surface area contributed by atoms with Crippen molar-refractivity contribution in [1.82, 2.24) is 4.57 Å². The van der Waals surface area contributed by atoms with E-state index >= 15 is 0 Å². The fourth-order valence-electron chi connectivity index (χ4n) is 2.37. The van der Waals surface area contributed by atoms with Gasteiger partial charge in [0.05, 0.1) is 12.9 Å². The van der Waals surface area contributed by atoms with Crippen LogP contribution in [0.25, 0.3) is 11.8 Å². The molecule has 2 aromatic rings. The molecule has 0 aliphatic carbocycles. The maximum atomic E-state index is 12.6. The van der Waals surface area contributed by atoms with Gasteiger partial charge in [0.25, 0.3) is 5.56 Å². The molecule has 29 heavy (non-hydrogen) atoms. The van der Waals surface area contributed by atoms with E-state index < -0.39 is 16.0 Å². The molecule has 0 spiro atoms. The number of carbonyl (C=O) groups is 1. The normalized spacial score (nSPS) is 12.8. The van der Waals surface area contributed by atoms with Gasteiger partial charge < -0.3 is 10.1 Å². The zero-order valence-electron chi connectivity index (χ0n) is 16.1. The Morgan fingerprint density at radius 1 is 1.28 bits per heavy atom. The number of nitriles is 1. The Balaban J connectivity index is 2.42. The van der Waals surface area contributed by atoms with Crippen LogP contribution in [0.15, 0.2) is 29.1 Å². The minimum absolute atomic E-state index is 0.121. The molecule has 0 saturated carbocycles. The summed E-state index contributed by atoms with van der Waals surface area (Å²) >= 11 is 1.01. The lowest BCUT2D eigenvalue weighted by molar-refractivity contribution is -0.136. The molecule has 0 atom stereocenters. The van der Waals surface area contributed by atoms with Crippen LogP contribution in [0.1, 0.15) is 13.8 Å². The number of carbonyl (C=O) groups excluding carboxylic acids is 1. The quantitative estimate of drug-likeness (QED) is 0.600. The Bertz CT molecular complexity index is 1220. The number of anilines is 2. The van der Waals surface area contributed by atoms with E-state index in [-0.39, 0.29) is 28.9 Å². The van der Waals surface area contributed by atoms with Gasteiger partial charge in [-0.2, -0.15) is 5.26 Å². The highest BCUT2D eigenvalue weighted by Gasteiger charge is 2.16. The Morgan fingerprint density at radius 2 is 1.90 bits per heavy atom. The van der Waals surface area contributed by atoms with Crippen molar-refractivity contribution in [2.24, 2.45) is 0 Å². The fraction of sp³-hybridized carbons (Fsp3) is 0.278. The highest BCUT2D eigenvalue weighted by atomic mass is 32.2. The number of sulfonamides is 1. The molecule has 0 fully saturated rings. The van der Waals surface area contributed by atoms with Crippen LogP contribution < -0.4 is 24.8 Å². The van der Waals surface area contributed by atoms with Crippen molar-refractivity contribution in [3.05, 3.63) is 43.8 Å². The van der Waals surface area contributed by atoms with Gasteiger partial charge in [0.15, 0.2) is 5.57 Å². The van der Waals surface area contributed by atoms with Crippen molar-refractivity contribution in [3.63, 3.8) is 0 Å². The molecule has 2 rings (SSSR count). The second-order valence-corrected chi connectivity index (χ2v) is 8.55. The Morgan fingerprint density at radius 3 is 2.41 bits per heavy atom. The van der Waals surface area contributed by atoms with E-state index in [0.717, 1.165) is 17.6 Å². The summed E-state index contributed by atoms with van der Waals surface area (Å²) in [6.07, 6.45) is 2.53. The predicted octanol–water partition coefficient (Wildman–Crippen LogP) is 0.389. The van der Waals surface area contributed by atoms with Crippen LogP contribution in [0, 0.1) is 11.3 Å². The molecule has 1 aromatic heterocycles. The molecule has 0 saturated heterocycles. The second kappa shape index (κ2) is 9.40. The lowest BCUT2D eigenvalue weighted by Crippen LogP contribution is -2.32. The van der Waals surface area contributed by atoms with Crippen molar-refractivity contribution >= 4 is 50.5 Å². The van der Waals surface area contributed by atoms with E-state index in [1.54, 1.807) is 38.1 Å². The number of ether oxygens (including phenoxy) is 1. The number of benzene rings is 1. The summed E-state index contributed by atoms with van der Waals surface area (Å²) in [4.78, 5) is 24.6. The third kappa shape index (κ3) is 5.69. The van der Waals surface area contributed by atoms with Crippen LogP contribution in [0.4, 0.5) is 11.4 Å². The molecular formula is C18H20N4O5S2. The number of rotatable bonds is 7. The van der Waals surface area contributed by atoms with Gasteiger partial charge in [-0.15, -0.1) is 11.3 Å².